The van der Waals surface area contributed by atoms with Crippen LogP contribution in [0.4, 0.5) is 5.69 Å². The maximum Gasteiger partial charge on any atom is 0.101 e. The van der Waals surface area contributed by atoms with Crippen molar-refractivity contribution in [2.45, 2.75) is 6.92 Å². The van der Waals surface area contributed by atoms with Gasteiger partial charge in [0.1, 0.15) is 6.07 Å². The van der Waals surface area contributed by atoms with Crippen LogP contribution in [0.15, 0.2) is 36.4 Å². The van der Waals surface area contributed by atoms with Crippen molar-refractivity contribution >= 4 is 17.3 Å². The molecule has 17 heavy (non-hydrogen) atoms. The number of benzene rings is 2. The van der Waals surface area contributed by atoms with Crippen molar-refractivity contribution in [2.75, 3.05) is 5.73 Å². The molecular weight excluding hydrogens is 232 g/mol. The summed E-state index contributed by atoms with van der Waals surface area (Å²) in [7, 11) is 0. The van der Waals surface area contributed by atoms with E-state index in [0.29, 0.717) is 16.3 Å². The van der Waals surface area contributed by atoms with E-state index < -0.39 is 0 Å². The molecule has 84 valence electrons. The van der Waals surface area contributed by atoms with Crippen LogP contribution in [0.25, 0.3) is 11.1 Å². The van der Waals surface area contributed by atoms with Crippen LogP contribution < -0.4 is 5.73 Å². The first kappa shape index (κ1) is 11.5. The second-order valence-electron chi connectivity index (χ2n) is 3.88. The lowest BCUT2D eigenvalue weighted by atomic mass is 9.99. The summed E-state index contributed by atoms with van der Waals surface area (Å²) in [5, 5.41) is 9.69. The van der Waals surface area contributed by atoms with Gasteiger partial charge in [-0.15, -0.1) is 0 Å². The maximum atomic E-state index is 9.01. The summed E-state index contributed by atoms with van der Waals surface area (Å²) in [4.78, 5) is 0. The molecule has 0 saturated heterocycles. The molecule has 2 nitrogen and oxygen atoms in total. The van der Waals surface area contributed by atoms with Gasteiger partial charge in [-0.25, -0.2) is 0 Å². The number of hydrogen-bond donors (Lipinski definition) is 1. The summed E-state index contributed by atoms with van der Waals surface area (Å²) in [6, 6.07) is 13.4. The molecule has 0 aliphatic heterocycles. The fourth-order valence-electron chi connectivity index (χ4n) is 1.73. The van der Waals surface area contributed by atoms with Gasteiger partial charge in [-0.2, -0.15) is 5.26 Å². The van der Waals surface area contributed by atoms with E-state index in [1.807, 2.05) is 37.3 Å². The van der Waals surface area contributed by atoms with Crippen molar-refractivity contribution in [3.63, 3.8) is 0 Å². The summed E-state index contributed by atoms with van der Waals surface area (Å²) in [5.41, 5.74) is 9.70. The van der Waals surface area contributed by atoms with Gasteiger partial charge in [0.2, 0.25) is 0 Å². The minimum absolute atomic E-state index is 0.500. The average Bonchev–Trinajstić information content (AvgIpc) is 2.32. The van der Waals surface area contributed by atoms with E-state index >= 15 is 0 Å². The van der Waals surface area contributed by atoms with Crippen molar-refractivity contribution in [1.29, 1.82) is 5.26 Å². The van der Waals surface area contributed by atoms with Gasteiger partial charge in [0.25, 0.3) is 0 Å². The van der Waals surface area contributed by atoms with Crippen molar-refractivity contribution in [3.8, 4) is 17.2 Å². The van der Waals surface area contributed by atoms with Crippen LogP contribution in [0.3, 0.4) is 0 Å². The Morgan fingerprint density at radius 3 is 2.59 bits per heavy atom. The number of nitrogens with two attached hydrogens (primary N) is 1. The Kier molecular flexibility index (Phi) is 3.03. The van der Waals surface area contributed by atoms with Crippen LogP contribution >= 0.6 is 11.6 Å². The van der Waals surface area contributed by atoms with E-state index in [9.17, 15) is 0 Å². The Balaban J connectivity index is 2.62. The lowest BCUT2D eigenvalue weighted by molar-refractivity contribution is 1.42. The highest BCUT2D eigenvalue weighted by Crippen LogP contribution is 2.28. The third-order valence-electron chi connectivity index (χ3n) is 2.67. The number of hydrogen-bond acceptors (Lipinski definition) is 2. The maximum absolute atomic E-state index is 9.01. The second kappa shape index (κ2) is 4.48. The van der Waals surface area contributed by atoms with Crippen molar-refractivity contribution in [3.05, 3.63) is 52.5 Å². The van der Waals surface area contributed by atoms with Crippen LogP contribution in [-0.4, -0.2) is 0 Å². The summed E-state index contributed by atoms with van der Waals surface area (Å²) < 4.78 is 0. The molecule has 0 radical (unpaired) electrons. The van der Waals surface area contributed by atoms with Crippen LogP contribution in [0.1, 0.15) is 11.1 Å². The van der Waals surface area contributed by atoms with Gasteiger partial charge in [0.15, 0.2) is 0 Å². The number of nitriles is 1. The zero-order valence-electron chi connectivity index (χ0n) is 9.37. The van der Waals surface area contributed by atoms with E-state index in [0.717, 1.165) is 16.7 Å². The first-order valence-electron chi connectivity index (χ1n) is 5.18. The molecule has 2 aromatic carbocycles. The normalized spacial score (nSPS) is 9.94. The minimum Gasteiger partial charge on any atom is -0.397 e. The second-order valence-corrected chi connectivity index (χ2v) is 4.31. The molecule has 2 N–H and O–H groups in total. The van der Waals surface area contributed by atoms with E-state index in [1.54, 1.807) is 6.07 Å². The molecule has 0 spiro atoms. The number of nitrogens with zero attached hydrogens (tertiary/aromatic N) is 1. The summed E-state index contributed by atoms with van der Waals surface area (Å²) >= 11 is 5.95. The van der Waals surface area contributed by atoms with Gasteiger partial charge in [0, 0.05) is 5.02 Å². The number of rotatable bonds is 1. The van der Waals surface area contributed by atoms with Crippen molar-refractivity contribution in [1.82, 2.24) is 0 Å². The summed E-state index contributed by atoms with van der Waals surface area (Å²) in [6.07, 6.45) is 0. The standard InChI is InChI=1S/C14H11ClN2/c1-9-5-11(6-12(8-16)14(9)17)10-3-2-4-13(15)7-10/h2-7H,17H2,1H3. The van der Waals surface area contributed by atoms with Gasteiger partial charge in [-0.3, -0.25) is 0 Å². The zero-order valence-corrected chi connectivity index (χ0v) is 10.1. The largest absolute Gasteiger partial charge is 0.397 e. The van der Waals surface area contributed by atoms with Gasteiger partial charge < -0.3 is 5.73 Å². The van der Waals surface area contributed by atoms with Gasteiger partial charge in [-0.1, -0.05) is 23.7 Å². The molecule has 3 heteroatoms. The van der Waals surface area contributed by atoms with Crippen LogP contribution in [0.5, 0.6) is 0 Å². The van der Waals surface area contributed by atoms with E-state index in [-0.39, 0.29) is 0 Å². The third-order valence-corrected chi connectivity index (χ3v) is 2.90. The molecule has 0 heterocycles. The lowest BCUT2D eigenvalue weighted by Crippen LogP contribution is -1.95. The zero-order chi connectivity index (χ0) is 12.4. The lowest BCUT2D eigenvalue weighted by Gasteiger charge is -2.08. The Hall–Kier alpha value is -1.98. The van der Waals surface area contributed by atoms with E-state index in [2.05, 4.69) is 6.07 Å². The Bertz CT molecular complexity index is 612. The molecular formula is C14H11ClN2. The van der Waals surface area contributed by atoms with Crippen LogP contribution in [-0.2, 0) is 0 Å². The van der Waals surface area contributed by atoms with E-state index in [1.165, 1.54) is 0 Å². The number of aryl methyl sites for hydroxylation is 1. The molecule has 0 aliphatic carbocycles. The molecule has 0 atom stereocenters. The first-order chi connectivity index (χ1) is 8.11. The van der Waals surface area contributed by atoms with Crippen LogP contribution in [0.2, 0.25) is 5.02 Å². The quantitative estimate of drug-likeness (QED) is 0.774. The molecule has 0 fully saturated rings. The molecule has 0 amide bonds. The summed E-state index contributed by atoms with van der Waals surface area (Å²) in [5.74, 6) is 0. The average molecular weight is 243 g/mol. The predicted octanol–water partition coefficient (Wildman–Crippen LogP) is 3.77. The Morgan fingerprint density at radius 1 is 1.18 bits per heavy atom. The number of nitrogen functional groups attached to an aromatic ring is 1. The first-order valence-corrected chi connectivity index (χ1v) is 5.56. The predicted molar refractivity (Wildman–Crippen MR) is 70.8 cm³/mol. The fraction of sp³-hybridized carbons (Fsp3) is 0.0714. The molecule has 0 saturated carbocycles. The van der Waals surface area contributed by atoms with Gasteiger partial charge in [0.05, 0.1) is 11.3 Å². The highest BCUT2D eigenvalue weighted by atomic mass is 35.5. The van der Waals surface area contributed by atoms with Crippen molar-refractivity contribution in [2.24, 2.45) is 0 Å². The van der Waals surface area contributed by atoms with Gasteiger partial charge >= 0.3 is 0 Å². The Labute approximate surface area is 105 Å². The van der Waals surface area contributed by atoms with Crippen LogP contribution in [0, 0.1) is 18.3 Å². The molecule has 0 unspecified atom stereocenters. The molecule has 2 rings (SSSR count). The molecule has 0 aromatic heterocycles. The van der Waals surface area contributed by atoms with E-state index in [4.69, 9.17) is 22.6 Å². The Morgan fingerprint density at radius 2 is 1.94 bits per heavy atom. The van der Waals surface area contributed by atoms with Gasteiger partial charge in [-0.05, 0) is 47.9 Å². The highest BCUT2D eigenvalue weighted by Gasteiger charge is 2.06. The smallest absolute Gasteiger partial charge is 0.101 e. The van der Waals surface area contributed by atoms with Crippen molar-refractivity contribution < 1.29 is 0 Å². The molecule has 0 bridgehead atoms. The SMILES string of the molecule is Cc1cc(-c2cccc(Cl)c2)cc(C#N)c1N. The molecule has 2 aromatic rings. The monoisotopic (exact) mass is 242 g/mol. The highest BCUT2D eigenvalue weighted by molar-refractivity contribution is 6.30. The number of halogens is 1. The number of anilines is 1. The minimum atomic E-state index is 0.500. The topological polar surface area (TPSA) is 49.8 Å². The third kappa shape index (κ3) is 2.25. The fourth-order valence-corrected chi connectivity index (χ4v) is 1.92. The summed E-state index contributed by atoms with van der Waals surface area (Å²) in [6.45, 7) is 1.89. The molecule has 0 aliphatic rings.